The van der Waals surface area contributed by atoms with Crippen LogP contribution in [0.5, 0.6) is 5.88 Å². The maximum atomic E-state index is 13.6. The third-order valence-corrected chi connectivity index (χ3v) is 4.07. The number of hydrogen-bond acceptors (Lipinski definition) is 4. The lowest BCUT2D eigenvalue weighted by atomic mass is 9.88. The molecule has 0 saturated heterocycles. The van der Waals surface area contributed by atoms with Crippen LogP contribution in [0.4, 0.5) is 13.2 Å². The van der Waals surface area contributed by atoms with Gasteiger partial charge in [-0.3, -0.25) is 14.0 Å². The Morgan fingerprint density at radius 2 is 1.84 bits per heavy atom. The Labute approximate surface area is 138 Å². The zero-order chi connectivity index (χ0) is 17.7. The number of hydrogen-bond donors (Lipinski definition) is 0. The van der Waals surface area contributed by atoms with Gasteiger partial charge >= 0.3 is 5.97 Å². The fourth-order valence-electron chi connectivity index (χ4n) is 2.94. The summed E-state index contributed by atoms with van der Waals surface area (Å²) in [6.45, 7) is 0. The minimum absolute atomic E-state index is 0.00583. The second-order valence-electron chi connectivity index (χ2n) is 5.59. The molecule has 0 bridgehead atoms. The molecule has 0 spiro atoms. The molecule has 0 radical (unpaired) electrons. The summed E-state index contributed by atoms with van der Waals surface area (Å²) in [5.74, 6) is -6.31. The first-order chi connectivity index (χ1) is 12.0. The van der Waals surface area contributed by atoms with Gasteiger partial charge in [0.1, 0.15) is 5.65 Å². The summed E-state index contributed by atoms with van der Waals surface area (Å²) in [6.07, 6.45) is 1.16. The predicted molar refractivity (Wildman–Crippen MR) is 79.9 cm³/mol. The minimum Gasteiger partial charge on any atom is -0.407 e. The fourth-order valence-corrected chi connectivity index (χ4v) is 2.94. The van der Waals surface area contributed by atoms with Crippen molar-refractivity contribution >= 4 is 11.6 Å². The van der Waals surface area contributed by atoms with Crippen molar-refractivity contribution in [3.05, 3.63) is 75.5 Å². The van der Waals surface area contributed by atoms with Crippen molar-refractivity contribution in [3.63, 3.8) is 0 Å². The number of esters is 1. The van der Waals surface area contributed by atoms with Gasteiger partial charge in [-0.05, 0) is 29.8 Å². The topological polar surface area (TPSA) is 60.7 Å². The third kappa shape index (κ3) is 2.37. The molecule has 8 heteroatoms. The lowest BCUT2D eigenvalue weighted by molar-refractivity contribution is -0.135. The van der Waals surface area contributed by atoms with Crippen molar-refractivity contribution in [1.29, 1.82) is 0 Å². The highest BCUT2D eigenvalue weighted by Crippen LogP contribution is 2.36. The van der Waals surface area contributed by atoms with Crippen LogP contribution in [-0.2, 0) is 4.79 Å². The average Bonchev–Trinajstić information content (AvgIpc) is 2.58. The lowest BCUT2D eigenvalue weighted by Gasteiger charge is -2.23. The first-order valence-electron chi connectivity index (χ1n) is 7.32. The quantitative estimate of drug-likeness (QED) is 0.502. The molecule has 1 unspecified atom stereocenters. The standard InChI is InChI=1S/C17H9F3N2O3/c18-10-5-8(6-11(19)15(10)20)9-7-13(23)25-16-14(9)17(24)22-4-2-1-3-12(22)21-16/h1-6,9H,7H2. The van der Waals surface area contributed by atoms with Gasteiger partial charge < -0.3 is 4.74 Å². The van der Waals surface area contributed by atoms with Gasteiger partial charge in [-0.2, -0.15) is 4.98 Å². The molecule has 1 aromatic carbocycles. The normalized spacial score (nSPS) is 16.6. The molecular formula is C17H9F3N2O3. The number of carbonyl (C=O) groups is 1. The number of carbonyl (C=O) groups excluding carboxylic acids is 1. The summed E-state index contributed by atoms with van der Waals surface area (Å²) in [6, 6.07) is 6.36. The Balaban J connectivity index is 2.00. The van der Waals surface area contributed by atoms with E-state index in [1.54, 1.807) is 18.2 Å². The molecule has 3 heterocycles. The largest absolute Gasteiger partial charge is 0.407 e. The van der Waals surface area contributed by atoms with Crippen LogP contribution >= 0.6 is 0 Å². The molecule has 1 aliphatic rings. The van der Waals surface area contributed by atoms with Crippen molar-refractivity contribution in [2.24, 2.45) is 0 Å². The smallest absolute Gasteiger partial charge is 0.313 e. The zero-order valence-corrected chi connectivity index (χ0v) is 12.5. The van der Waals surface area contributed by atoms with Crippen LogP contribution < -0.4 is 10.3 Å². The molecule has 0 N–H and O–H groups in total. The van der Waals surface area contributed by atoms with E-state index in [1.807, 2.05) is 0 Å². The van der Waals surface area contributed by atoms with Crippen LogP contribution in [0.25, 0.3) is 5.65 Å². The third-order valence-electron chi connectivity index (χ3n) is 4.07. The number of aromatic nitrogens is 2. The van der Waals surface area contributed by atoms with Crippen molar-refractivity contribution in [3.8, 4) is 5.88 Å². The maximum Gasteiger partial charge on any atom is 0.313 e. The fraction of sp³-hybridized carbons (Fsp3) is 0.118. The number of rotatable bonds is 1. The lowest BCUT2D eigenvalue weighted by Crippen LogP contribution is -2.31. The van der Waals surface area contributed by atoms with E-state index in [9.17, 15) is 22.8 Å². The average molecular weight is 346 g/mol. The summed E-state index contributed by atoms with van der Waals surface area (Å²) in [4.78, 5) is 28.8. The molecule has 4 rings (SSSR count). The molecule has 2 aromatic heterocycles. The van der Waals surface area contributed by atoms with Crippen LogP contribution in [0, 0.1) is 17.5 Å². The van der Waals surface area contributed by atoms with Crippen LogP contribution in [-0.4, -0.2) is 15.4 Å². The van der Waals surface area contributed by atoms with E-state index in [1.165, 1.54) is 10.6 Å². The highest BCUT2D eigenvalue weighted by molar-refractivity contribution is 5.77. The first kappa shape index (κ1) is 15.4. The van der Waals surface area contributed by atoms with Crippen LogP contribution in [0.3, 0.4) is 0 Å². The van der Waals surface area contributed by atoms with Crippen molar-refractivity contribution in [2.45, 2.75) is 12.3 Å². The van der Waals surface area contributed by atoms with E-state index in [4.69, 9.17) is 4.74 Å². The zero-order valence-electron chi connectivity index (χ0n) is 12.5. The molecule has 5 nitrogen and oxygen atoms in total. The van der Waals surface area contributed by atoms with Crippen molar-refractivity contribution in [1.82, 2.24) is 9.38 Å². The molecule has 0 amide bonds. The summed E-state index contributed by atoms with van der Waals surface area (Å²) >= 11 is 0. The highest BCUT2D eigenvalue weighted by atomic mass is 19.2. The van der Waals surface area contributed by atoms with Crippen molar-refractivity contribution < 1.29 is 22.7 Å². The summed E-state index contributed by atoms with van der Waals surface area (Å²) in [5.41, 5.74) is -0.308. The Morgan fingerprint density at radius 1 is 1.12 bits per heavy atom. The van der Waals surface area contributed by atoms with E-state index in [0.717, 1.165) is 12.1 Å². The van der Waals surface area contributed by atoms with Crippen LogP contribution in [0.1, 0.15) is 23.5 Å². The summed E-state index contributed by atoms with van der Waals surface area (Å²) < 4.78 is 46.7. The summed E-state index contributed by atoms with van der Waals surface area (Å²) in [5, 5.41) is 0. The number of benzene rings is 1. The number of halogens is 3. The molecular weight excluding hydrogens is 337 g/mol. The Hall–Kier alpha value is -3.16. The second-order valence-corrected chi connectivity index (χ2v) is 5.59. The van der Waals surface area contributed by atoms with Gasteiger partial charge in [-0.1, -0.05) is 6.07 Å². The van der Waals surface area contributed by atoms with Crippen molar-refractivity contribution in [2.75, 3.05) is 0 Å². The molecule has 1 atom stereocenters. The van der Waals surface area contributed by atoms with E-state index in [0.29, 0.717) is 0 Å². The Bertz CT molecular complexity index is 1070. The van der Waals surface area contributed by atoms with E-state index in [-0.39, 0.29) is 29.1 Å². The van der Waals surface area contributed by atoms with Gasteiger partial charge in [-0.15, -0.1) is 0 Å². The molecule has 3 aromatic rings. The second kappa shape index (κ2) is 5.44. The van der Waals surface area contributed by atoms with Gasteiger partial charge in [0.25, 0.3) is 5.56 Å². The van der Waals surface area contributed by atoms with E-state index in [2.05, 4.69) is 4.98 Å². The monoisotopic (exact) mass is 346 g/mol. The van der Waals surface area contributed by atoms with Gasteiger partial charge in [0.05, 0.1) is 12.0 Å². The predicted octanol–water partition coefficient (Wildman–Crippen LogP) is 2.55. The minimum atomic E-state index is -1.62. The summed E-state index contributed by atoms with van der Waals surface area (Å²) in [7, 11) is 0. The van der Waals surface area contributed by atoms with Gasteiger partial charge in [0, 0.05) is 12.1 Å². The molecule has 126 valence electrons. The number of ether oxygens (including phenoxy) is 1. The SMILES string of the molecule is O=C1CC(c2cc(F)c(F)c(F)c2)c2c(nc3ccccn3c2=O)O1. The molecule has 25 heavy (non-hydrogen) atoms. The van der Waals surface area contributed by atoms with Gasteiger partial charge in [-0.25, -0.2) is 13.2 Å². The molecule has 0 aliphatic carbocycles. The van der Waals surface area contributed by atoms with Crippen LogP contribution in [0.2, 0.25) is 0 Å². The molecule has 0 saturated carbocycles. The van der Waals surface area contributed by atoms with E-state index < -0.39 is 34.9 Å². The number of pyridine rings is 1. The highest BCUT2D eigenvalue weighted by Gasteiger charge is 2.34. The Kier molecular flexibility index (Phi) is 3.34. The molecule has 1 aliphatic heterocycles. The van der Waals surface area contributed by atoms with Gasteiger partial charge in [0.15, 0.2) is 17.5 Å². The Morgan fingerprint density at radius 3 is 2.56 bits per heavy atom. The van der Waals surface area contributed by atoms with Crippen LogP contribution in [0.15, 0.2) is 41.3 Å². The molecule has 0 fully saturated rings. The first-order valence-corrected chi connectivity index (χ1v) is 7.32. The van der Waals surface area contributed by atoms with Gasteiger partial charge in [0.2, 0.25) is 5.88 Å². The van der Waals surface area contributed by atoms with E-state index >= 15 is 0 Å². The number of nitrogens with zero attached hydrogens (tertiary/aromatic N) is 2. The number of fused-ring (bicyclic) bond motifs is 2. The maximum absolute atomic E-state index is 13.6.